The average molecular weight is 326 g/mol. The van der Waals surface area contributed by atoms with Crippen molar-refractivity contribution in [1.82, 2.24) is 15.5 Å². The number of nitrogens with zero attached hydrogens (tertiary/aromatic N) is 2. The van der Waals surface area contributed by atoms with Gasteiger partial charge in [0, 0.05) is 11.6 Å². The molecule has 0 aliphatic heterocycles. The Morgan fingerprint density at radius 3 is 3.00 bits per heavy atom. The predicted octanol–water partition coefficient (Wildman–Crippen LogP) is 3.14. The minimum absolute atomic E-state index is 0.0110. The molecule has 0 aliphatic rings. The van der Waals surface area contributed by atoms with Gasteiger partial charge in [0.15, 0.2) is 5.82 Å². The van der Waals surface area contributed by atoms with Crippen molar-refractivity contribution in [3.63, 3.8) is 0 Å². The number of carbonyl (C=O) groups excluding carboxylic acids is 1. The number of aromatic nitrogens is 2. The van der Waals surface area contributed by atoms with Gasteiger partial charge in [-0.2, -0.15) is 4.98 Å². The fourth-order valence-electron chi connectivity index (χ4n) is 1.65. The Morgan fingerprint density at radius 2 is 2.33 bits per heavy atom. The first-order valence-corrected chi connectivity index (χ1v) is 7.90. The minimum Gasteiger partial charge on any atom is -0.351 e. The summed E-state index contributed by atoms with van der Waals surface area (Å²) in [7, 11) is 0. The molecule has 0 radical (unpaired) electrons. The van der Waals surface area contributed by atoms with Gasteiger partial charge in [0.2, 0.25) is 11.8 Å². The standard InChI is InChI=1S/C14H16ClN3O2S/c1-9(14-17-10(2)18-20-14)21-8-13(19)16-7-11-4-3-5-12(15)6-11/h3-6,9H,7-8H2,1-2H3,(H,16,19)/t9-/m1/s1. The van der Waals surface area contributed by atoms with Crippen molar-refractivity contribution in [1.29, 1.82) is 0 Å². The molecule has 112 valence electrons. The molecule has 0 fully saturated rings. The van der Waals surface area contributed by atoms with E-state index in [-0.39, 0.29) is 11.2 Å². The molecule has 0 bridgehead atoms. The summed E-state index contributed by atoms with van der Waals surface area (Å²) in [5.41, 5.74) is 0.974. The maximum Gasteiger partial charge on any atom is 0.239 e. The number of aryl methyl sites for hydroxylation is 1. The molecule has 1 aromatic carbocycles. The molecule has 1 aromatic heterocycles. The van der Waals surface area contributed by atoms with Crippen LogP contribution in [0.25, 0.3) is 0 Å². The first kappa shape index (κ1) is 15.9. The van der Waals surface area contributed by atoms with Crippen LogP contribution < -0.4 is 5.32 Å². The molecule has 0 spiro atoms. The van der Waals surface area contributed by atoms with Crippen LogP contribution in [0.2, 0.25) is 5.02 Å². The Balaban J connectivity index is 1.75. The lowest BCUT2D eigenvalue weighted by molar-refractivity contribution is -0.118. The van der Waals surface area contributed by atoms with Crippen LogP contribution in [-0.4, -0.2) is 21.8 Å². The SMILES string of the molecule is Cc1noc([C@@H](C)SCC(=O)NCc2cccc(Cl)c2)n1. The third-order valence-electron chi connectivity index (χ3n) is 2.73. The van der Waals surface area contributed by atoms with E-state index >= 15 is 0 Å². The number of thioether (sulfide) groups is 1. The summed E-state index contributed by atoms with van der Waals surface area (Å²) < 4.78 is 5.07. The topological polar surface area (TPSA) is 68.0 Å². The smallest absolute Gasteiger partial charge is 0.239 e. The highest BCUT2D eigenvalue weighted by atomic mass is 35.5. The summed E-state index contributed by atoms with van der Waals surface area (Å²) in [6.45, 7) is 4.16. The second-order valence-electron chi connectivity index (χ2n) is 4.54. The van der Waals surface area contributed by atoms with Gasteiger partial charge in [-0.25, -0.2) is 0 Å². The quantitative estimate of drug-likeness (QED) is 0.883. The lowest BCUT2D eigenvalue weighted by Gasteiger charge is -2.08. The zero-order valence-corrected chi connectivity index (χ0v) is 13.4. The molecule has 2 aromatic rings. The Hall–Kier alpha value is -1.53. The van der Waals surface area contributed by atoms with Crippen LogP contribution in [-0.2, 0) is 11.3 Å². The molecule has 0 saturated carbocycles. The molecule has 1 heterocycles. The number of hydrogen-bond acceptors (Lipinski definition) is 5. The molecular formula is C14H16ClN3O2S. The van der Waals surface area contributed by atoms with Crippen molar-refractivity contribution < 1.29 is 9.32 Å². The number of carbonyl (C=O) groups is 1. The molecule has 7 heteroatoms. The number of hydrogen-bond donors (Lipinski definition) is 1. The zero-order valence-electron chi connectivity index (χ0n) is 11.8. The van der Waals surface area contributed by atoms with E-state index in [1.54, 1.807) is 13.0 Å². The van der Waals surface area contributed by atoms with Crippen LogP contribution in [0.4, 0.5) is 0 Å². The third-order valence-corrected chi connectivity index (χ3v) is 4.10. The van der Waals surface area contributed by atoms with E-state index in [1.165, 1.54) is 11.8 Å². The van der Waals surface area contributed by atoms with Crippen LogP contribution in [0.1, 0.15) is 29.5 Å². The first-order valence-electron chi connectivity index (χ1n) is 6.47. The summed E-state index contributed by atoms with van der Waals surface area (Å²) in [5.74, 6) is 1.44. The van der Waals surface area contributed by atoms with E-state index in [0.717, 1.165) is 5.56 Å². The summed E-state index contributed by atoms with van der Waals surface area (Å²) in [5, 5.41) is 7.24. The molecule has 0 unspecified atom stereocenters. The van der Waals surface area contributed by atoms with Gasteiger partial charge in [0.1, 0.15) is 0 Å². The van der Waals surface area contributed by atoms with E-state index in [2.05, 4.69) is 15.5 Å². The molecule has 5 nitrogen and oxygen atoms in total. The van der Waals surface area contributed by atoms with Crippen molar-refractivity contribution in [3.05, 3.63) is 46.6 Å². The molecule has 1 N–H and O–H groups in total. The molecule has 1 amide bonds. The fraction of sp³-hybridized carbons (Fsp3) is 0.357. The monoisotopic (exact) mass is 325 g/mol. The Kier molecular flexibility index (Phi) is 5.64. The van der Waals surface area contributed by atoms with Crippen molar-refractivity contribution in [3.8, 4) is 0 Å². The van der Waals surface area contributed by atoms with Gasteiger partial charge < -0.3 is 9.84 Å². The predicted molar refractivity (Wildman–Crippen MR) is 83.2 cm³/mol. The van der Waals surface area contributed by atoms with E-state index < -0.39 is 0 Å². The maximum absolute atomic E-state index is 11.8. The molecule has 2 rings (SSSR count). The highest BCUT2D eigenvalue weighted by Gasteiger charge is 2.15. The summed E-state index contributed by atoms with van der Waals surface area (Å²) in [4.78, 5) is 16.0. The molecule has 21 heavy (non-hydrogen) atoms. The van der Waals surface area contributed by atoms with Crippen LogP contribution in [0.3, 0.4) is 0 Å². The second-order valence-corrected chi connectivity index (χ2v) is 6.31. The molecule has 0 aliphatic carbocycles. The lowest BCUT2D eigenvalue weighted by atomic mass is 10.2. The number of benzene rings is 1. The van der Waals surface area contributed by atoms with Gasteiger partial charge >= 0.3 is 0 Å². The van der Waals surface area contributed by atoms with Gasteiger partial charge in [0.05, 0.1) is 11.0 Å². The van der Waals surface area contributed by atoms with E-state index in [1.807, 2.05) is 25.1 Å². The minimum atomic E-state index is -0.0388. The highest BCUT2D eigenvalue weighted by Crippen LogP contribution is 2.26. The lowest BCUT2D eigenvalue weighted by Crippen LogP contribution is -2.24. The Labute approximate surface area is 132 Å². The van der Waals surface area contributed by atoms with E-state index in [0.29, 0.717) is 29.0 Å². The van der Waals surface area contributed by atoms with Gasteiger partial charge in [-0.15, -0.1) is 11.8 Å². The number of rotatable bonds is 6. The molecule has 0 saturated heterocycles. The van der Waals surface area contributed by atoms with Crippen molar-refractivity contribution in [2.45, 2.75) is 25.6 Å². The van der Waals surface area contributed by atoms with Gasteiger partial charge in [-0.3, -0.25) is 4.79 Å². The Bertz CT molecular complexity index is 618. The third kappa shape index (κ3) is 5.06. The second kappa shape index (κ2) is 7.47. The van der Waals surface area contributed by atoms with Crippen LogP contribution >= 0.6 is 23.4 Å². The maximum atomic E-state index is 11.8. The summed E-state index contributed by atoms with van der Waals surface area (Å²) in [6.07, 6.45) is 0. The van der Waals surface area contributed by atoms with Crippen molar-refractivity contribution in [2.24, 2.45) is 0 Å². The average Bonchev–Trinajstić information content (AvgIpc) is 2.89. The largest absolute Gasteiger partial charge is 0.351 e. The first-order chi connectivity index (χ1) is 10.0. The molecule has 1 atom stereocenters. The number of nitrogens with one attached hydrogen (secondary N) is 1. The van der Waals surface area contributed by atoms with Crippen molar-refractivity contribution in [2.75, 3.05) is 5.75 Å². The Morgan fingerprint density at radius 1 is 1.52 bits per heavy atom. The summed E-state index contributed by atoms with van der Waals surface area (Å²) >= 11 is 7.35. The zero-order chi connectivity index (χ0) is 15.2. The van der Waals surface area contributed by atoms with Crippen LogP contribution in [0.5, 0.6) is 0 Å². The normalized spacial score (nSPS) is 12.1. The van der Waals surface area contributed by atoms with Gasteiger partial charge in [0.25, 0.3) is 0 Å². The fourth-order valence-corrected chi connectivity index (χ4v) is 2.60. The summed E-state index contributed by atoms with van der Waals surface area (Å²) in [6, 6.07) is 7.41. The highest BCUT2D eigenvalue weighted by molar-refractivity contribution is 8.00. The molecular weight excluding hydrogens is 310 g/mol. The number of halogens is 1. The van der Waals surface area contributed by atoms with E-state index in [9.17, 15) is 4.79 Å². The van der Waals surface area contributed by atoms with Gasteiger partial charge in [-0.1, -0.05) is 28.9 Å². The van der Waals surface area contributed by atoms with Crippen molar-refractivity contribution >= 4 is 29.3 Å². The number of amides is 1. The van der Waals surface area contributed by atoms with Gasteiger partial charge in [-0.05, 0) is 31.5 Å². The van der Waals surface area contributed by atoms with Crippen LogP contribution in [0.15, 0.2) is 28.8 Å². The van der Waals surface area contributed by atoms with Crippen LogP contribution in [0, 0.1) is 6.92 Å². The van der Waals surface area contributed by atoms with E-state index in [4.69, 9.17) is 16.1 Å².